The molecule has 0 bridgehead atoms. The standard InChI is InChI=1S/C12H20O4.2Na/c13-11(14)8-10(12(15)16)9-6-4-2-1-3-5-7-9;;/h9-10H,1-8H2,(H,13,14)(H,15,16);;/q;2*+1/p-2. The number of carbonyl (C=O) groups excluding carboxylic acids is 2. The Morgan fingerprint density at radius 3 is 1.78 bits per heavy atom. The van der Waals surface area contributed by atoms with Crippen LogP contribution in [0.5, 0.6) is 0 Å². The van der Waals surface area contributed by atoms with Crippen LogP contribution in [-0.2, 0) is 9.59 Å². The summed E-state index contributed by atoms with van der Waals surface area (Å²) in [5.74, 6) is -3.46. The van der Waals surface area contributed by atoms with Crippen molar-refractivity contribution in [3.63, 3.8) is 0 Å². The van der Waals surface area contributed by atoms with Crippen LogP contribution >= 0.6 is 0 Å². The van der Waals surface area contributed by atoms with E-state index in [1.807, 2.05) is 0 Å². The van der Waals surface area contributed by atoms with Crippen molar-refractivity contribution in [2.24, 2.45) is 11.8 Å². The normalized spacial score (nSPS) is 18.4. The van der Waals surface area contributed by atoms with E-state index in [1.54, 1.807) is 0 Å². The molecule has 4 nitrogen and oxygen atoms in total. The molecule has 0 aromatic carbocycles. The second-order valence-corrected chi connectivity index (χ2v) is 4.61. The van der Waals surface area contributed by atoms with Crippen molar-refractivity contribution in [1.29, 1.82) is 0 Å². The van der Waals surface area contributed by atoms with Crippen LogP contribution < -0.4 is 69.3 Å². The van der Waals surface area contributed by atoms with Crippen LogP contribution in [0.3, 0.4) is 0 Å². The second kappa shape index (κ2) is 11.7. The Morgan fingerprint density at radius 1 is 0.944 bits per heavy atom. The number of aliphatic carboxylic acids is 2. The van der Waals surface area contributed by atoms with Gasteiger partial charge in [0, 0.05) is 17.9 Å². The zero-order chi connectivity index (χ0) is 12.0. The van der Waals surface area contributed by atoms with Crippen LogP contribution in [0.2, 0.25) is 0 Å². The Hall–Kier alpha value is 0.940. The van der Waals surface area contributed by atoms with Gasteiger partial charge in [0.2, 0.25) is 0 Å². The predicted molar refractivity (Wildman–Crippen MR) is 53.9 cm³/mol. The van der Waals surface area contributed by atoms with E-state index in [2.05, 4.69) is 0 Å². The Bertz CT molecular complexity index is 250. The van der Waals surface area contributed by atoms with E-state index in [4.69, 9.17) is 0 Å². The molecule has 18 heavy (non-hydrogen) atoms. The third-order valence-electron chi connectivity index (χ3n) is 3.41. The van der Waals surface area contributed by atoms with Crippen molar-refractivity contribution in [2.45, 2.75) is 51.4 Å². The van der Waals surface area contributed by atoms with Crippen molar-refractivity contribution < 1.29 is 78.9 Å². The maximum atomic E-state index is 10.9. The molecule has 1 aliphatic rings. The summed E-state index contributed by atoms with van der Waals surface area (Å²) in [4.78, 5) is 21.4. The smallest absolute Gasteiger partial charge is 0.550 e. The van der Waals surface area contributed by atoms with Crippen molar-refractivity contribution in [3.05, 3.63) is 0 Å². The number of carbonyl (C=O) groups is 2. The van der Waals surface area contributed by atoms with E-state index in [9.17, 15) is 19.8 Å². The monoisotopic (exact) mass is 272 g/mol. The molecule has 1 unspecified atom stereocenters. The van der Waals surface area contributed by atoms with Gasteiger partial charge in [-0.3, -0.25) is 0 Å². The molecule has 0 heterocycles. The average molecular weight is 272 g/mol. The van der Waals surface area contributed by atoms with Crippen LogP contribution in [0.1, 0.15) is 51.4 Å². The molecule has 1 rings (SSSR count). The molecule has 1 aliphatic carbocycles. The van der Waals surface area contributed by atoms with Crippen molar-refractivity contribution in [1.82, 2.24) is 0 Å². The van der Waals surface area contributed by atoms with Gasteiger partial charge in [-0.25, -0.2) is 0 Å². The molecule has 92 valence electrons. The van der Waals surface area contributed by atoms with Gasteiger partial charge in [0.25, 0.3) is 0 Å². The molecule has 0 spiro atoms. The summed E-state index contributed by atoms with van der Waals surface area (Å²) in [5.41, 5.74) is 0. The fourth-order valence-corrected chi connectivity index (χ4v) is 2.51. The summed E-state index contributed by atoms with van der Waals surface area (Å²) in [6, 6.07) is 0. The molecule has 1 saturated carbocycles. The molecule has 0 amide bonds. The van der Waals surface area contributed by atoms with Gasteiger partial charge in [0.05, 0.1) is 0 Å². The molecule has 1 atom stereocenters. The fourth-order valence-electron chi connectivity index (χ4n) is 2.51. The zero-order valence-electron chi connectivity index (χ0n) is 11.4. The van der Waals surface area contributed by atoms with Gasteiger partial charge in [-0.15, -0.1) is 0 Å². The molecular formula is C12H18Na2O4. The van der Waals surface area contributed by atoms with Crippen LogP contribution in [0, 0.1) is 11.8 Å². The van der Waals surface area contributed by atoms with Crippen LogP contribution in [0.25, 0.3) is 0 Å². The number of hydrogen-bond donors (Lipinski definition) is 0. The van der Waals surface area contributed by atoms with Crippen LogP contribution in [0.15, 0.2) is 0 Å². The van der Waals surface area contributed by atoms with Gasteiger partial charge in [0.15, 0.2) is 0 Å². The van der Waals surface area contributed by atoms with Gasteiger partial charge in [0.1, 0.15) is 0 Å². The first-order chi connectivity index (χ1) is 7.61. The Morgan fingerprint density at radius 2 is 1.39 bits per heavy atom. The quantitative estimate of drug-likeness (QED) is 0.477. The first kappa shape index (κ1) is 21.2. The Labute approximate surface area is 152 Å². The molecule has 0 aromatic rings. The van der Waals surface area contributed by atoms with E-state index < -0.39 is 24.3 Å². The van der Waals surface area contributed by atoms with Gasteiger partial charge in [-0.2, -0.15) is 0 Å². The van der Waals surface area contributed by atoms with Crippen molar-refractivity contribution >= 4 is 11.9 Å². The SMILES string of the molecule is O=C([O-])CC(C(=O)[O-])C1CCCCCCC1.[Na+].[Na+]. The van der Waals surface area contributed by atoms with Crippen LogP contribution in [0.4, 0.5) is 0 Å². The predicted octanol–water partition coefficient (Wildman–Crippen LogP) is -6.14. The first-order valence-electron chi connectivity index (χ1n) is 6.02. The van der Waals surface area contributed by atoms with Gasteiger partial charge in [-0.05, 0) is 25.2 Å². The summed E-state index contributed by atoms with van der Waals surface area (Å²) in [7, 11) is 0. The second-order valence-electron chi connectivity index (χ2n) is 4.61. The van der Waals surface area contributed by atoms with E-state index in [-0.39, 0.29) is 65.0 Å². The maximum absolute atomic E-state index is 10.9. The largest absolute Gasteiger partial charge is 1.00 e. The third kappa shape index (κ3) is 8.18. The minimum atomic E-state index is -1.30. The molecule has 0 aliphatic heterocycles. The number of carboxylic acids is 2. The summed E-state index contributed by atoms with van der Waals surface area (Å²) in [6.07, 6.45) is 6.58. The summed E-state index contributed by atoms with van der Waals surface area (Å²) in [5, 5.41) is 21.4. The maximum Gasteiger partial charge on any atom is 1.00 e. The van der Waals surface area contributed by atoms with E-state index >= 15 is 0 Å². The Balaban J connectivity index is 0. The topological polar surface area (TPSA) is 80.3 Å². The van der Waals surface area contributed by atoms with E-state index in [1.165, 1.54) is 6.42 Å². The first-order valence-corrected chi connectivity index (χ1v) is 6.02. The summed E-state index contributed by atoms with van der Waals surface area (Å²) < 4.78 is 0. The van der Waals surface area contributed by atoms with Crippen molar-refractivity contribution in [3.8, 4) is 0 Å². The van der Waals surface area contributed by atoms with Crippen molar-refractivity contribution in [2.75, 3.05) is 0 Å². The number of hydrogen-bond acceptors (Lipinski definition) is 4. The third-order valence-corrected chi connectivity index (χ3v) is 3.41. The molecular weight excluding hydrogens is 254 g/mol. The molecule has 6 heteroatoms. The molecule has 0 aromatic heterocycles. The van der Waals surface area contributed by atoms with E-state index in [0.717, 1.165) is 38.5 Å². The summed E-state index contributed by atoms with van der Waals surface area (Å²) in [6.45, 7) is 0. The van der Waals surface area contributed by atoms with Gasteiger partial charge < -0.3 is 19.8 Å². The average Bonchev–Trinajstić information content (AvgIpc) is 2.13. The van der Waals surface area contributed by atoms with E-state index in [0.29, 0.717) is 0 Å². The Kier molecular flexibility index (Phi) is 13.9. The van der Waals surface area contributed by atoms with Gasteiger partial charge >= 0.3 is 59.1 Å². The molecule has 0 radical (unpaired) electrons. The summed E-state index contributed by atoms with van der Waals surface area (Å²) >= 11 is 0. The number of carboxylic acid groups (broad SMARTS) is 2. The molecule has 0 N–H and O–H groups in total. The minimum absolute atomic E-state index is 0. The van der Waals surface area contributed by atoms with Gasteiger partial charge in [-0.1, -0.05) is 32.1 Å². The fraction of sp³-hybridized carbons (Fsp3) is 0.833. The molecule has 1 fully saturated rings. The molecule has 0 saturated heterocycles. The zero-order valence-corrected chi connectivity index (χ0v) is 15.4. The minimum Gasteiger partial charge on any atom is -0.550 e. The number of rotatable bonds is 4. The van der Waals surface area contributed by atoms with Crippen LogP contribution in [-0.4, -0.2) is 11.9 Å².